The van der Waals surface area contributed by atoms with Crippen molar-refractivity contribution in [1.82, 2.24) is 19.6 Å². The fraction of sp³-hybridized carbons (Fsp3) is 0.742. The van der Waals surface area contributed by atoms with Gasteiger partial charge >= 0.3 is 6.18 Å². The van der Waals surface area contributed by atoms with E-state index in [1.54, 1.807) is 19.1 Å². The molecule has 7 nitrogen and oxygen atoms in total. The topological polar surface area (TPSA) is 91.2 Å². The zero-order chi connectivity index (χ0) is 34.0. The van der Waals surface area contributed by atoms with E-state index in [1.807, 2.05) is 31.4 Å². The molecule has 1 aliphatic rings. The van der Waals surface area contributed by atoms with Crippen molar-refractivity contribution >= 4 is 36.4 Å². The van der Waals surface area contributed by atoms with Gasteiger partial charge in [0.1, 0.15) is 23.3 Å². The first kappa shape index (κ1) is 37.7. The third kappa shape index (κ3) is 10.9. The van der Waals surface area contributed by atoms with Gasteiger partial charge in [-0.05, 0) is 70.2 Å². The fourth-order valence-electron chi connectivity index (χ4n) is 5.16. The van der Waals surface area contributed by atoms with Crippen LogP contribution in [0, 0.1) is 11.8 Å². The van der Waals surface area contributed by atoms with Crippen LogP contribution in [0.5, 0.6) is 0 Å². The Hall–Kier alpha value is -1.74. The van der Waals surface area contributed by atoms with Gasteiger partial charge in [0.05, 0.1) is 23.0 Å². The lowest BCUT2D eigenvalue weighted by atomic mass is 9.82. The Kier molecular flexibility index (Phi) is 12.2. The monoisotopic (exact) mass is 680 g/mol. The normalized spacial score (nSPS) is 19.3. The molecule has 1 saturated carbocycles. The average molecular weight is 681 g/mol. The summed E-state index contributed by atoms with van der Waals surface area (Å²) in [6.45, 7) is 15.5. The summed E-state index contributed by atoms with van der Waals surface area (Å²) in [5.74, 6) is -4.94. The van der Waals surface area contributed by atoms with Crippen LogP contribution in [-0.2, 0) is 27.6 Å². The Morgan fingerprint density at radius 3 is 2.36 bits per heavy atom. The third-order valence-corrected chi connectivity index (χ3v) is 11.5. The van der Waals surface area contributed by atoms with Crippen molar-refractivity contribution in [3.05, 3.63) is 29.6 Å². The molecule has 1 aromatic heterocycles. The summed E-state index contributed by atoms with van der Waals surface area (Å²) in [6, 6.07) is 5.07. The number of fused-ring (bicyclic) bond motifs is 1. The molecule has 1 aliphatic carbocycles. The predicted octanol–water partition coefficient (Wildman–Crippen LogP) is 8.03. The second kappa shape index (κ2) is 14.6. The zero-order valence-electron chi connectivity index (χ0n) is 27.6. The number of ether oxygens (including phenoxy) is 1. The van der Waals surface area contributed by atoms with E-state index in [-0.39, 0.29) is 38.3 Å². The molecule has 3 rings (SSSR count). The molecule has 45 heavy (non-hydrogen) atoms. The number of nitrogens with zero attached hydrogens (tertiary/aromatic N) is 2. The molecular weight excluding hydrogens is 632 g/mol. The smallest absolute Gasteiger partial charge is 0.392 e. The fourth-order valence-corrected chi connectivity index (χ4v) is 6.80. The van der Waals surface area contributed by atoms with Crippen molar-refractivity contribution in [1.29, 1.82) is 0 Å². The van der Waals surface area contributed by atoms with Crippen molar-refractivity contribution in [3.8, 4) is 0 Å². The van der Waals surface area contributed by atoms with E-state index in [0.717, 1.165) is 13.0 Å². The summed E-state index contributed by atoms with van der Waals surface area (Å²) in [5.41, 5.74) is 1.92. The number of nitrogens with one attached hydrogen (secondary N) is 2. The van der Waals surface area contributed by atoms with Gasteiger partial charge in [-0.15, -0.1) is 4.72 Å². The van der Waals surface area contributed by atoms with Gasteiger partial charge in [0.25, 0.3) is 0 Å². The molecule has 2 unspecified atom stereocenters. The quantitative estimate of drug-likeness (QED) is 0.0968. The van der Waals surface area contributed by atoms with Gasteiger partial charge in [-0.2, -0.15) is 13.2 Å². The van der Waals surface area contributed by atoms with E-state index in [0.29, 0.717) is 29.0 Å². The van der Waals surface area contributed by atoms with Crippen molar-refractivity contribution in [2.45, 2.75) is 128 Å². The molecule has 2 N–H and O–H groups in total. The minimum absolute atomic E-state index is 0.118. The van der Waals surface area contributed by atoms with Crippen LogP contribution in [0.3, 0.4) is 0 Å². The van der Waals surface area contributed by atoms with E-state index in [2.05, 4.69) is 29.7 Å². The van der Waals surface area contributed by atoms with E-state index in [9.17, 15) is 31.3 Å². The minimum Gasteiger partial charge on any atom is -0.598 e. The second-order valence-electron chi connectivity index (χ2n) is 14.6. The molecule has 2 aromatic rings. The highest BCUT2D eigenvalue weighted by molar-refractivity contribution is 7.90. The van der Waals surface area contributed by atoms with Crippen molar-refractivity contribution in [3.63, 3.8) is 0 Å². The number of alkyl halides is 5. The number of benzene rings is 1. The van der Waals surface area contributed by atoms with Crippen LogP contribution in [0.15, 0.2) is 18.2 Å². The maximum atomic E-state index is 14.2. The third-order valence-electron chi connectivity index (χ3n) is 8.25. The van der Waals surface area contributed by atoms with Crippen molar-refractivity contribution in [2.24, 2.45) is 11.8 Å². The Bertz CT molecular complexity index is 1280. The number of amides is 1. The van der Waals surface area contributed by atoms with Gasteiger partial charge in [0.2, 0.25) is 11.8 Å². The number of aromatic nitrogens is 2. The lowest BCUT2D eigenvalue weighted by molar-refractivity contribution is -0.174. The SMILES string of the molecule is CC(CC(=O)N[C@H](C)c1ccc2nc([C@@H](N[S+]([O-])C(C)(C)C)C3CCC(F)(F)CC3)n(COCC[Si](C)(C)C)c2c1)C(F)(F)F. The maximum Gasteiger partial charge on any atom is 0.392 e. The van der Waals surface area contributed by atoms with Crippen molar-refractivity contribution < 1.29 is 36.0 Å². The Balaban J connectivity index is 2.01. The van der Waals surface area contributed by atoms with Gasteiger partial charge in [-0.3, -0.25) is 4.79 Å². The molecule has 0 saturated heterocycles. The molecule has 4 atom stereocenters. The van der Waals surface area contributed by atoms with Crippen LogP contribution >= 0.6 is 0 Å². The molecule has 14 heteroatoms. The van der Waals surface area contributed by atoms with E-state index in [4.69, 9.17) is 9.72 Å². The van der Waals surface area contributed by atoms with E-state index < -0.39 is 66.6 Å². The van der Waals surface area contributed by atoms with Crippen LogP contribution < -0.4 is 10.0 Å². The summed E-state index contributed by atoms with van der Waals surface area (Å²) >= 11 is -1.52. The first-order chi connectivity index (χ1) is 20.6. The van der Waals surface area contributed by atoms with Gasteiger partial charge in [0, 0.05) is 45.3 Å². The summed E-state index contributed by atoms with van der Waals surface area (Å²) in [5, 5.41) is 2.67. The molecule has 0 bridgehead atoms. The number of carbonyl (C=O) groups excluding carboxylic acids is 1. The van der Waals surface area contributed by atoms with Crippen LogP contribution in [0.1, 0.15) is 90.2 Å². The second-order valence-corrected chi connectivity index (χ2v) is 22.2. The molecular formula is C31H49F5N4O3SSi. The predicted molar refractivity (Wildman–Crippen MR) is 171 cm³/mol. The highest BCUT2D eigenvalue weighted by Crippen LogP contribution is 2.42. The molecule has 1 fully saturated rings. The van der Waals surface area contributed by atoms with Gasteiger partial charge in [-0.1, -0.05) is 32.6 Å². The largest absolute Gasteiger partial charge is 0.598 e. The van der Waals surface area contributed by atoms with E-state index in [1.165, 1.54) is 0 Å². The van der Waals surface area contributed by atoms with Gasteiger partial charge in [-0.25, -0.2) is 13.8 Å². The van der Waals surface area contributed by atoms with Crippen LogP contribution in [0.4, 0.5) is 22.0 Å². The molecule has 0 spiro atoms. The highest BCUT2D eigenvalue weighted by Gasteiger charge is 2.42. The number of halogens is 5. The van der Waals surface area contributed by atoms with E-state index >= 15 is 0 Å². The highest BCUT2D eigenvalue weighted by atomic mass is 32.2. The molecule has 0 radical (unpaired) electrons. The number of hydrogen-bond donors (Lipinski definition) is 2. The molecule has 256 valence electrons. The van der Waals surface area contributed by atoms with Crippen LogP contribution in [-0.4, -0.2) is 51.5 Å². The lowest BCUT2D eigenvalue weighted by Crippen LogP contribution is -2.45. The summed E-state index contributed by atoms with van der Waals surface area (Å²) < 4.78 is 91.4. The van der Waals surface area contributed by atoms with Gasteiger partial charge in [0.15, 0.2) is 0 Å². The number of rotatable bonds is 13. The number of hydrogen-bond acceptors (Lipinski definition) is 5. The zero-order valence-corrected chi connectivity index (χ0v) is 29.4. The van der Waals surface area contributed by atoms with Gasteiger partial charge < -0.3 is 19.2 Å². The number of imidazole rings is 1. The van der Waals surface area contributed by atoms with Crippen molar-refractivity contribution in [2.75, 3.05) is 6.61 Å². The Labute approximate surface area is 267 Å². The van der Waals surface area contributed by atoms with Crippen LogP contribution in [0.25, 0.3) is 11.0 Å². The molecule has 1 heterocycles. The summed E-state index contributed by atoms with van der Waals surface area (Å²) in [6.07, 6.45) is -5.21. The minimum atomic E-state index is -4.46. The molecule has 1 aromatic carbocycles. The number of carbonyl (C=O) groups is 1. The lowest BCUT2D eigenvalue weighted by Gasteiger charge is -2.35. The van der Waals surface area contributed by atoms with Crippen LogP contribution in [0.2, 0.25) is 25.7 Å². The first-order valence-electron chi connectivity index (χ1n) is 15.6. The average Bonchev–Trinajstić information content (AvgIpc) is 3.25. The Morgan fingerprint density at radius 2 is 1.80 bits per heavy atom. The molecule has 1 amide bonds. The summed E-state index contributed by atoms with van der Waals surface area (Å²) in [4.78, 5) is 17.3. The molecule has 0 aliphatic heterocycles. The maximum absolute atomic E-state index is 14.2. The summed E-state index contributed by atoms with van der Waals surface area (Å²) in [7, 11) is -1.40. The first-order valence-corrected chi connectivity index (χ1v) is 20.4. The standard InChI is InChI=1S/C31H49F5N4O3SSi/c1-20(31(34,35)36)17-26(41)37-21(2)23-9-10-24-25(18-23)40(19-43-15-16-45(6,7)8)28(38-24)27(39-44(42)29(3,4)5)22-11-13-30(32,33)14-12-22/h9-10,18,20-22,27,39H,11-17,19H2,1-8H3,(H,37,41)/t20?,21-,27+,44?/m1/s1. The Morgan fingerprint density at radius 1 is 1.18 bits per heavy atom.